The number of ether oxygens (including phenoxy) is 3. The topological polar surface area (TPSA) is 82.1 Å². The summed E-state index contributed by atoms with van der Waals surface area (Å²) in [6, 6.07) is 8.69. The van der Waals surface area contributed by atoms with E-state index >= 15 is 0 Å². The van der Waals surface area contributed by atoms with Crippen LogP contribution in [0, 0.1) is 0 Å². The van der Waals surface area contributed by atoms with Gasteiger partial charge in [0.1, 0.15) is 13.2 Å². The molecule has 0 aliphatic carbocycles. The molecular formula is C25H24BrCl2NO6S. The van der Waals surface area contributed by atoms with E-state index in [4.69, 9.17) is 37.4 Å². The largest absolute Gasteiger partial charge is 0.490 e. The van der Waals surface area contributed by atoms with E-state index in [0.29, 0.717) is 44.6 Å². The van der Waals surface area contributed by atoms with Crippen molar-refractivity contribution in [1.29, 1.82) is 0 Å². The maximum Gasteiger partial charge on any atom is 0.326 e. The van der Waals surface area contributed by atoms with Crippen molar-refractivity contribution in [1.82, 2.24) is 4.90 Å². The molecule has 0 radical (unpaired) electrons. The highest BCUT2D eigenvalue weighted by atomic mass is 79.9. The van der Waals surface area contributed by atoms with Gasteiger partial charge in [-0.2, -0.15) is 0 Å². The Balaban J connectivity index is 1.79. The second-order valence-corrected chi connectivity index (χ2v) is 10.4. The molecule has 3 rings (SSSR count). The molecule has 1 fully saturated rings. The fourth-order valence-corrected chi connectivity index (χ4v) is 4.85. The summed E-state index contributed by atoms with van der Waals surface area (Å²) >= 11 is 16.3. The van der Waals surface area contributed by atoms with Gasteiger partial charge in [0.25, 0.3) is 11.1 Å². The van der Waals surface area contributed by atoms with Crippen LogP contribution in [-0.2, 0) is 20.9 Å². The highest BCUT2D eigenvalue weighted by molar-refractivity contribution is 9.10. The van der Waals surface area contributed by atoms with Gasteiger partial charge in [0.2, 0.25) is 0 Å². The molecule has 1 aliphatic heterocycles. The molecule has 0 bridgehead atoms. The van der Waals surface area contributed by atoms with Gasteiger partial charge in [-0.15, -0.1) is 0 Å². The van der Waals surface area contributed by atoms with E-state index in [2.05, 4.69) is 15.9 Å². The fraction of sp³-hybridized carbons (Fsp3) is 0.320. The Labute approximate surface area is 232 Å². The highest BCUT2D eigenvalue weighted by Gasteiger charge is 2.37. The van der Waals surface area contributed by atoms with Crippen molar-refractivity contribution < 1.29 is 28.6 Å². The third kappa shape index (κ3) is 7.18. The van der Waals surface area contributed by atoms with Crippen molar-refractivity contribution in [3.8, 4) is 11.5 Å². The zero-order chi connectivity index (χ0) is 26.4. The number of hydrogen-bond donors (Lipinski definition) is 0. The lowest BCUT2D eigenvalue weighted by molar-refractivity contribution is -0.150. The van der Waals surface area contributed by atoms with Crippen LogP contribution in [0.1, 0.15) is 38.3 Å². The van der Waals surface area contributed by atoms with Gasteiger partial charge in [0, 0.05) is 0 Å². The molecule has 36 heavy (non-hydrogen) atoms. The number of imide groups is 1. The summed E-state index contributed by atoms with van der Waals surface area (Å²) in [6.45, 7) is 5.64. The predicted molar refractivity (Wildman–Crippen MR) is 145 cm³/mol. The van der Waals surface area contributed by atoms with Crippen molar-refractivity contribution in [2.45, 2.75) is 39.9 Å². The van der Waals surface area contributed by atoms with Crippen LogP contribution in [0.25, 0.3) is 6.08 Å². The molecular weight excluding hydrogens is 593 g/mol. The highest BCUT2D eigenvalue weighted by Crippen LogP contribution is 2.40. The maximum atomic E-state index is 12.8. The quantitative estimate of drug-likeness (QED) is 0.208. The number of carbonyl (C=O) groups excluding carboxylic acids is 3. The van der Waals surface area contributed by atoms with Crippen LogP contribution >= 0.6 is 50.9 Å². The van der Waals surface area contributed by atoms with E-state index in [1.165, 1.54) is 0 Å². The van der Waals surface area contributed by atoms with Crippen LogP contribution in [0.2, 0.25) is 10.0 Å². The molecule has 0 spiro atoms. The zero-order valence-electron chi connectivity index (χ0n) is 19.8. The lowest BCUT2D eigenvalue weighted by Gasteiger charge is -2.15. The van der Waals surface area contributed by atoms with Gasteiger partial charge in [0.05, 0.1) is 32.1 Å². The number of thioether (sulfide) groups is 1. The summed E-state index contributed by atoms with van der Waals surface area (Å²) in [6.07, 6.45) is 1.92. The molecule has 1 atom stereocenters. The minimum absolute atomic E-state index is 0.190. The van der Waals surface area contributed by atoms with Gasteiger partial charge < -0.3 is 14.2 Å². The zero-order valence-corrected chi connectivity index (χ0v) is 23.7. The first-order valence-electron chi connectivity index (χ1n) is 11.1. The second kappa shape index (κ2) is 12.9. The molecule has 0 N–H and O–H groups in total. The van der Waals surface area contributed by atoms with Crippen molar-refractivity contribution in [3.63, 3.8) is 0 Å². The standard InChI is InChI=1S/C25H24BrCl2NO6S/c1-4-14(3)35-22(30)12-29-24(31)21(36-25(29)32)11-16-8-17(26)23(20(10-16)33-5-2)34-13-15-6-7-18(27)19(28)9-15/h6-11,14H,4-5,12-13H2,1-3H3/b21-11+/t14-/m0/s1. The van der Waals surface area contributed by atoms with Crippen LogP contribution in [0.15, 0.2) is 39.7 Å². The van der Waals surface area contributed by atoms with Crippen LogP contribution in [-0.4, -0.2) is 41.3 Å². The summed E-state index contributed by atoms with van der Waals surface area (Å²) < 4.78 is 17.5. The van der Waals surface area contributed by atoms with E-state index < -0.39 is 23.7 Å². The molecule has 7 nitrogen and oxygen atoms in total. The number of esters is 1. The number of hydrogen-bond acceptors (Lipinski definition) is 7. The van der Waals surface area contributed by atoms with E-state index in [1.54, 1.807) is 37.3 Å². The SMILES string of the molecule is CCOc1cc(/C=C2/SC(=O)N(CC(=O)O[C@@H](C)CC)C2=O)cc(Br)c1OCc1ccc(Cl)c(Cl)c1. The summed E-state index contributed by atoms with van der Waals surface area (Å²) in [5, 5.41) is 0.357. The minimum atomic E-state index is -0.627. The maximum absolute atomic E-state index is 12.8. The minimum Gasteiger partial charge on any atom is -0.490 e. The van der Waals surface area contributed by atoms with Crippen molar-refractivity contribution >= 4 is 74.1 Å². The lowest BCUT2D eigenvalue weighted by Crippen LogP contribution is -2.35. The van der Waals surface area contributed by atoms with Gasteiger partial charge in [-0.25, -0.2) is 0 Å². The average Bonchev–Trinajstić information content (AvgIpc) is 3.08. The van der Waals surface area contributed by atoms with Crippen LogP contribution in [0.4, 0.5) is 4.79 Å². The molecule has 192 valence electrons. The Morgan fingerprint density at radius 2 is 1.89 bits per heavy atom. The first-order valence-corrected chi connectivity index (χ1v) is 13.5. The van der Waals surface area contributed by atoms with Gasteiger partial charge in [-0.1, -0.05) is 36.2 Å². The normalized spacial score (nSPS) is 15.4. The summed E-state index contributed by atoms with van der Waals surface area (Å²) in [7, 11) is 0. The van der Waals surface area contributed by atoms with Crippen LogP contribution in [0.5, 0.6) is 11.5 Å². The lowest BCUT2D eigenvalue weighted by atomic mass is 10.1. The first kappa shape index (κ1) is 28.4. The van der Waals surface area contributed by atoms with Crippen LogP contribution in [0.3, 0.4) is 0 Å². The molecule has 0 saturated carbocycles. The second-order valence-electron chi connectivity index (χ2n) is 7.78. The summed E-state index contributed by atoms with van der Waals surface area (Å²) in [5.41, 5.74) is 1.43. The van der Waals surface area contributed by atoms with Crippen molar-refractivity contribution in [3.05, 3.63) is 60.9 Å². The number of rotatable bonds is 10. The third-order valence-electron chi connectivity index (χ3n) is 5.06. The molecule has 1 aliphatic rings. The molecule has 2 aromatic carbocycles. The third-order valence-corrected chi connectivity index (χ3v) is 7.30. The fourth-order valence-electron chi connectivity index (χ4n) is 3.12. The van der Waals surface area contributed by atoms with Gasteiger partial charge >= 0.3 is 5.97 Å². The molecule has 0 aromatic heterocycles. The Morgan fingerprint density at radius 1 is 1.14 bits per heavy atom. The number of nitrogens with zero attached hydrogens (tertiary/aromatic N) is 1. The summed E-state index contributed by atoms with van der Waals surface area (Å²) in [4.78, 5) is 38.3. The number of halogens is 3. The predicted octanol–water partition coefficient (Wildman–Crippen LogP) is 7.11. The van der Waals surface area contributed by atoms with Crippen molar-refractivity contribution in [2.75, 3.05) is 13.2 Å². The van der Waals surface area contributed by atoms with Crippen molar-refractivity contribution in [2.24, 2.45) is 0 Å². The molecule has 11 heteroatoms. The van der Waals surface area contributed by atoms with E-state index in [-0.39, 0.29) is 17.6 Å². The molecule has 1 saturated heterocycles. The van der Waals surface area contributed by atoms with Gasteiger partial charge in [-0.05, 0) is 89.4 Å². The smallest absolute Gasteiger partial charge is 0.326 e. The summed E-state index contributed by atoms with van der Waals surface area (Å²) in [5.74, 6) is -0.256. The Hall–Kier alpha value is -2.20. The van der Waals surface area contributed by atoms with Gasteiger partial charge in [0.15, 0.2) is 11.5 Å². The Morgan fingerprint density at radius 3 is 2.56 bits per heavy atom. The average molecular weight is 617 g/mol. The molecule has 1 heterocycles. The molecule has 2 amide bonds. The number of carbonyl (C=O) groups is 3. The van der Waals surface area contributed by atoms with E-state index in [0.717, 1.165) is 22.2 Å². The monoisotopic (exact) mass is 615 g/mol. The van der Waals surface area contributed by atoms with E-state index in [1.807, 2.05) is 19.9 Å². The molecule has 0 unspecified atom stereocenters. The molecule has 2 aromatic rings. The first-order chi connectivity index (χ1) is 17.1. The Kier molecular flexibility index (Phi) is 10.1. The van der Waals surface area contributed by atoms with Gasteiger partial charge in [-0.3, -0.25) is 19.3 Å². The number of amides is 2. The number of benzene rings is 2. The van der Waals surface area contributed by atoms with Crippen LogP contribution < -0.4 is 9.47 Å². The Bertz CT molecular complexity index is 1210. The van der Waals surface area contributed by atoms with E-state index in [9.17, 15) is 14.4 Å².